The quantitative estimate of drug-likeness (QED) is 0.493. The Morgan fingerprint density at radius 2 is 1.65 bits per heavy atom. The number of ether oxygens (including phenoxy) is 2. The van der Waals surface area contributed by atoms with Crippen molar-refractivity contribution in [3.63, 3.8) is 0 Å². The van der Waals surface area contributed by atoms with Crippen molar-refractivity contribution in [3.05, 3.63) is 23.4 Å². The highest BCUT2D eigenvalue weighted by Gasteiger charge is 2.41. The fourth-order valence-corrected chi connectivity index (χ4v) is 7.56. The summed E-state index contributed by atoms with van der Waals surface area (Å²) in [7, 11) is 0. The largest absolute Gasteiger partial charge is 0.477 e. The van der Waals surface area contributed by atoms with Crippen molar-refractivity contribution in [1.29, 1.82) is 0 Å². The number of aromatic nitrogens is 1. The number of likely N-dealkylation sites (tertiary alicyclic amines) is 2. The van der Waals surface area contributed by atoms with E-state index in [1.807, 2.05) is 17.0 Å². The molecule has 40 heavy (non-hydrogen) atoms. The lowest BCUT2D eigenvalue weighted by Gasteiger charge is -2.33. The van der Waals surface area contributed by atoms with Gasteiger partial charge in [-0.05, 0) is 81.6 Å². The van der Waals surface area contributed by atoms with Gasteiger partial charge < -0.3 is 19.3 Å². The summed E-state index contributed by atoms with van der Waals surface area (Å²) in [4.78, 5) is 36.1. The van der Waals surface area contributed by atoms with Crippen molar-refractivity contribution in [3.8, 4) is 5.88 Å². The standard InChI is InChI=1S/C30H44N6O4/c37-29(21-3-4-25-27(13-21)33-34-32-25)35-9-5-22-16-36(17-23(22)6-10-35)30(38)24-14-26(20-1-2-20)31-28(15-24)40-18-19-7-11-39-12-8-19/h14-15,19-23,25,27,32-34H,1-13,16-18H2/t21?,22-,23+,25?,27?. The molecule has 2 saturated carbocycles. The predicted molar refractivity (Wildman–Crippen MR) is 148 cm³/mol. The molecule has 0 bridgehead atoms. The number of carbonyl (C=O) groups excluding carboxylic acids is 2. The molecule has 1 aromatic rings. The second-order valence-electron chi connectivity index (χ2n) is 13.0. The summed E-state index contributed by atoms with van der Waals surface area (Å²) in [6.07, 6.45) is 9.13. The molecule has 3 N–H and O–H groups in total. The molecular formula is C30H44N6O4. The average molecular weight is 553 g/mol. The highest BCUT2D eigenvalue weighted by atomic mass is 16.5. The zero-order valence-corrected chi connectivity index (χ0v) is 23.5. The Hall–Kier alpha value is -2.27. The minimum atomic E-state index is 0.101. The first-order valence-corrected chi connectivity index (χ1v) is 15.7. The summed E-state index contributed by atoms with van der Waals surface area (Å²) in [5.41, 5.74) is 11.3. The highest BCUT2D eigenvalue weighted by molar-refractivity contribution is 5.95. The Bertz CT molecular complexity index is 1080. The minimum absolute atomic E-state index is 0.101. The van der Waals surface area contributed by atoms with E-state index in [-0.39, 0.29) is 11.8 Å². The van der Waals surface area contributed by atoms with E-state index in [0.29, 0.717) is 59.7 Å². The molecule has 4 aliphatic heterocycles. The van der Waals surface area contributed by atoms with Crippen LogP contribution < -0.4 is 21.1 Å². The first kappa shape index (κ1) is 26.6. The van der Waals surface area contributed by atoms with Crippen LogP contribution in [0.2, 0.25) is 0 Å². The Morgan fingerprint density at radius 1 is 0.900 bits per heavy atom. The monoisotopic (exact) mass is 552 g/mol. The van der Waals surface area contributed by atoms with Crippen LogP contribution in [0.1, 0.15) is 79.8 Å². The fourth-order valence-electron chi connectivity index (χ4n) is 7.56. The molecule has 0 spiro atoms. The van der Waals surface area contributed by atoms with E-state index < -0.39 is 0 Å². The third kappa shape index (κ3) is 5.73. The number of hydrogen-bond donors (Lipinski definition) is 3. The van der Waals surface area contributed by atoms with Gasteiger partial charge in [-0.15, -0.1) is 0 Å². The van der Waals surface area contributed by atoms with Crippen LogP contribution in [-0.4, -0.2) is 84.7 Å². The Kier molecular flexibility index (Phi) is 7.68. The first-order valence-electron chi connectivity index (χ1n) is 15.7. The van der Waals surface area contributed by atoms with Crippen LogP contribution in [0.15, 0.2) is 12.1 Å². The van der Waals surface area contributed by atoms with E-state index in [1.54, 1.807) is 0 Å². The van der Waals surface area contributed by atoms with Crippen molar-refractivity contribution >= 4 is 11.8 Å². The number of carbonyl (C=O) groups is 2. The summed E-state index contributed by atoms with van der Waals surface area (Å²) in [6, 6.07) is 4.62. The molecule has 5 atom stereocenters. The summed E-state index contributed by atoms with van der Waals surface area (Å²) in [6.45, 7) is 5.39. The zero-order chi connectivity index (χ0) is 27.1. The second kappa shape index (κ2) is 11.5. The molecule has 6 aliphatic rings. The van der Waals surface area contributed by atoms with E-state index in [4.69, 9.17) is 14.5 Å². The fraction of sp³-hybridized carbons (Fsp3) is 0.767. The molecule has 10 nitrogen and oxygen atoms in total. The summed E-state index contributed by atoms with van der Waals surface area (Å²) < 4.78 is 11.6. The van der Waals surface area contributed by atoms with Crippen molar-refractivity contribution in [2.75, 3.05) is 46.0 Å². The van der Waals surface area contributed by atoms with Gasteiger partial charge in [0.25, 0.3) is 5.91 Å². The van der Waals surface area contributed by atoms with Gasteiger partial charge in [0, 0.05) is 80.6 Å². The number of hydrogen-bond acceptors (Lipinski definition) is 8. The molecule has 3 unspecified atom stereocenters. The van der Waals surface area contributed by atoms with Crippen LogP contribution in [0.4, 0.5) is 0 Å². The van der Waals surface area contributed by atoms with Crippen LogP contribution in [-0.2, 0) is 9.53 Å². The van der Waals surface area contributed by atoms with Gasteiger partial charge in [0.05, 0.1) is 6.61 Å². The maximum Gasteiger partial charge on any atom is 0.254 e. The lowest BCUT2D eigenvalue weighted by molar-refractivity contribution is -0.136. The molecule has 1 aromatic heterocycles. The average Bonchev–Trinajstić information content (AvgIpc) is 3.66. The molecule has 0 aromatic carbocycles. The van der Waals surface area contributed by atoms with Crippen LogP contribution in [0.5, 0.6) is 5.88 Å². The lowest BCUT2D eigenvalue weighted by Crippen LogP contribution is -2.46. The number of amides is 2. The van der Waals surface area contributed by atoms with Crippen molar-refractivity contribution in [2.45, 2.75) is 75.8 Å². The van der Waals surface area contributed by atoms with Crippen molar-refractivity contribution in [2.24, 2.45) is 23.7 Å². The molecule has 4 saturated heterocycles. The van der Waals surface area contributed by atoms with Gasteiger partial charge >= 0.3 is 0 Å². The normalized spacial score (nSPS) is 32.9. The number of rotatable bonds is 6. The molecular weight excluding hydrogens is 508 g/mol. The first-order chi connectivity index (χ1) is 19.6. The maximum atomic E-state index is 13.7. The van der Waals surface area contributed by atoms with Gasteiger partial charge in [-0.25, -0.2) is 15.8 Å². The number of fused-ring (bicyclic) bond motifs is 2. The molecule has 2 amide bonds. The molecule has 2 aliphatic carbocycles. The smallest absolute Gasteiger partial charge is 0.254 e. The van der Waals surface area contributed by atoms with Gasteiger partial charge in [-0.1, -0.05) is 0 Å². The zero-order valence-electron chi connectivity index (χ0n) is 23.5. The topological polar surface area (TPSA) is 108 Å². The summed E-state index contributed by atoms with van der Waals surface area (Å²) in [5.74, 6) is 2.99. The lowest BCUT2D eigenvalue weighted by atomic mass is 9.82. The van der Waals surface area contributed by atoms with E-state index >= 15 is 0 Å². The molecule has 5 heterocycles. The minimum Gasteiger partial charge on any atom is -0.477 e. The Balaban J connectivity index is 0.960. The van der Waals surface area contributed by atoms with Gasteiger partial charge in [0.2, 0.25) is 11.8 Å². The van der Waals surface area contributed by atoms with Crippen molar-refractivity contribution in [1.82, 2.24) is 31.2 Å². The third-order valence-electron chi connectivity index (χ3n) is 10.3. The van der Waals surface area contributed by atoms with Gasteiger partial charge in [-0.2, -0.15) is 5.53 Å². The summed E-state index contributed by atoms with van der Waals surface area (Å²) >= 11 is 0. The number of pyridine rings is 1. The van der Waals surface area contributed by atoms with Crippen molar-refractivity contribution < 1.29 is 19.1 Å². The predicted octanol–water partition coefficient (Wildman–Crippen LogP) is 2.22. The van der Waals surface area contributed by atoms with E-state index in [0.717, 1.165) is 103 Å². The molecule has 7 rings (SSSR count). The van der Waals surface area contributed by atoms with Crippen LogP contribution in [0, 0.1) is 23.7 Å². The van der Waals surface area contributed by atoms with E-state index in [1.165, 1.54) is 0 Å². The van der Waals surface area contributed by atoms with E-state index in [9.17, 15) is 9.59 Å². The Labute approximate surface area is 236 Å². The maximum absolute atomic E-state index is 13.7. The number of nitrogens with zero attached hydrogens (tertiary/aromatic N) is 3. The third-order valence-corrected chi connectivity index (χ3v) is 10.3. The molecule has 0 radical (unpaired) electrons. The van der Waals surface area contributed by atoms with Crippen LogP contribution in [0.25, 0.3) is 0 Å². The van der Waals surface area contributed by atoms with E-state index in [2.05, 4.69) is 21.3 Å². The van der Waals surface area contributed by atoms with Crippen LogP contribution in [0.3, 0.4) is 0 Å². The summed E-state index contributed by atoms with van der Waals surface area (Å²) in [5, 5.41) is 0. The SMILES string of the molecule is O=C(c1cc(OCC2CCOCC2)nc(C2CC2)c1)N1C[C@H]2CCN(C(=O)C3CCC4NNNC4C3)CC[C@H]2C1. The molecule has 10 heteroatoms. The second-order valence-corrected chi connectivity index (χ2v) is 13.0. The number of nitrogens with one attached hydrogen (secondary N) is 3. The van der Waals surface area contributed by atoms with Gasteiger partial charge in [0.1, 0.15) is 0 Å². The Morgan fingerprint density at radius 3 is 2.40 bits per heavy atom. The van der Waals surface area contributed by atoms with Gasteiger partial charge in [0.15, 0.2) is 0 Å². The number of hydrazine groups is 2. The van der Waals surface area contributed by atoms with Crippen LogP contribution >= 0.6 is 0 Å². The molecule has 6 fully saturated rings. The molecule has 218 valence electrons. The van der Waals surface area contributed by atoms with Gasteiger partial charge in [-0.3, -0.25) is 9.59 Å². The highest BCUT2D eigenvalue weighted by Crippen LogP contribution is 2.41.